The smallest absolute Gasteiger partial charge is 0.268 e. The van der Waals surface area contributed by atoms with Gasteiger partial charge >= 0.3 is 0 Å². The van der Waals surface area contributed by atoms with E-state index in [1.54, 1.807) is 13.4 Å². The summed E-state index contributed by atoms with van der Waals surface area (Å²) in [7, 11) is 1.63. The van der Waals surface area contributed by atoms with Gasteiger partial charge in [-0.25, -0.2) is 9.67 Å². The van der Waals surface area contributed by atoms with Crippen LogP contribution >= 0.6 is 0 Å². The minimum Gasteiger partial charge on any atom is -0.497 e. The van der Waals surface area contributed by atoms with Crippen LogP contribution in [0, 0.1) is 5.92 Å². The summed E-state index contributed by atoms with van der Waals surface area (Å²) in [5, 5.41) is 8.32. The molecule has 1 saturated carbocycles. The molecule has 1 fully saturated rings. The van der Waals surface area contributed by atoms with Crippen molar-refractivity contribution in [2.24, 2.45) is 5.92 Å². The maximum absolute atomic E-state index is 12.8. The second-order valence-electron chi connectivity index (χ2n) is 6.36. The fourth-order valence-corrected chi connectivity index (χ4v) is 3.16. The molecule has 2 aromatic heterocycles. The Morgan fingerprint density at radius 1 is 1.44 bits per heavy atom. The lowest BCUT2D eigenvalue weighted by Gasteiger charge is -2.17. The molecule has 1 aliphatic carbocycles. The molecule has 7 nitrogen and oxygen atoms in total. The summed E-state index contributed by atoms with van der Waals surface area (Å²) in [6.45, 7) is 2.76. The summed E-state index contributed by atoms with van der Waals surface area (Å²) in [6, 6.07) is 7.45. The SMILES string of the molecule is CCn1ncnc1C(NC(=O)c1cc2cc(OC)ccc2[nH]1)C1CC1. The molecule has 0 spiro atoms. The van der Waals surface area contributed by atoms with E-state index in [1.807, 2.05) is 35.9 Å². The van der Waals surface area contributed by atoms with Crippen molar-refractivity contribution in [1.29, 1.82) is 0 Å². The first-order valence-electron chi connectivity index (χ1n) is 8.55. The van der Waals surface area contributed by atoms with Gasteiger partial charge in [0.2, 0.25) is 0 Å². The van der Waals surface area contributed by atoms with Crippen LogP contribution in [-0.2, 0) is 6.54 Å². The number of nitrogens with one attached hydrogen (secondary N) is 2. The zero-order valence-electron chi connectivity index (χ0n) is 14.3. The average Bonchev–Trinajstić information content (AvgIpc) is 3.20. The molecule has 0 bridgehead atoms. The lowest BCUT2D eigenvalue weighted by molar-refractivity contribution is 0.0924. The monoisotopic (exact) mass is 339 g/mol. The number of hydrogen-bond acceptors (Lipinski definition) is 4. The van der Waals surface area contributed by atoms with Crippen molar-refractivity contribution in [2.45, 2.75) is 32.4 Å². The Hall–Kier alpha value is -2.83. The van der Waals surface area contributed by atoms with Gasteiger partial charge < -0.3 is 15.0 Å². The molecule has 1 aromatic carbocycles. The molecule has 25 heavy (non-hydrogen) atoms. The van der Waals surface area contributed by atoms with Crippen LogP contribution in [0.25, 0.3) is 10.9 Å². The van der Waals surface area contributed by atoms with Crippen molar-refractivity contribution in [1.82, 2.24) is 25.1 Å². The lowest BCUT2D eigenvalue weighted by Crippen LogP contribution is -2.32. The molecule has 1 atom stereocenters. The predicted octanol–water partition coefficient (Wildman–Crippen LogP) is 2.67. The Morgan fingerprint density at radius 3 is 3.00 bits per heavy atom. The van der Waals surface area contributed by atoms with Crippen LogP contribution in [0.3, 0.4) is 0 Å². The highest BCUT2D eigenvalue weighted by atomic mass is 16.5. The van der Waals surface area contributed by atoms with E-state index in [9.17, 15) is 4.79 Å². The number of nitrogens with zero attached hydrogens (tertiary/aromatic N) is 3. The number of benzene rings is 1. The number of methoxy groups -OCH3 is 1. The highest BCUT2D eigenvalue weighted by Gasteiger charge is 2.36. The number of aryl methyl sites for hydroxylation is 1. The van der Waals surface area contributed by atoms with Crippen molar-refractivity contribution in [3.63, 3.8) is 0 Å². The van der Waals surface area contributed by atoms with E-state index in [0.717, 1.165) is 41.9 Å². The molecule has 1 amide bonds. The van der Waals surface area contributed by atoms with Crippen LogP contribution in [-0.4, -0.2) is 32.8 Å². The third kappa shape index (κ3) is 2.97. The number of amides is 1. The number of aromatic nitrogens is 4. The Kier molecular flexibility index (Phi) is 3.91. The number of hydrogen-bond donors (Lipinski definition) is 2. The first-order chi connectivity index (χ1) is 12.2. The van der Waals surface area contributed by atoms with Gasteiger partial charge in [-0.3, -0.25) is 4.79 Å². The molecular formula is C18H21N5O2. The fraction of sp³-hybridized carbons (Fsp3) is 0.389. The number of aromatic amines is 1. The second kappa shape index (κ2) is 6.23. The van der Waals surface area contributed by atoms with Gasteiger partial charge in [0.15, 0.2) is 0 Å². The van der Waals surface area contributed by atoms with Crippen molar-refractivity contribution >= 4 is 16.8 Å². The van der Waals surface area contributed by atoms with Gasteiger partial charge in [0, 0.05) is 17.4 Å². The van der Waals surface area contributed by atoms with Crippen LogP contribution in [0.2, 0.25) is 0 Å². The number of fused-ring (bicyclic) bond motifs is 1. The Morgan fingerprint density at radius 2 is 2.28 bits per heavy atom. The third-order valence-electron chi connectivity index (χ3n) is 4.68. The standard InChI is InChI=1S/C18H21N5O2/c1-3-23-17(19-10-20-23)16(11-4-5-11)22-18(24)15-9-12-8-13(25-2)6-7-14(12)21-15/h6-11,16,21H,3-5H2,1-2H3,(H,22,24). The fourth-order valence-electron chi connectivity index (χ4n) is 3.16. The summed E-state index contributed by atoms with van der Waals surface area (Å²) < 4.78 is 7.08. The van der Waals surface area contributed by atoms with Gasteiger partial charge in [-0.05, 0) is 49.9 Å². The Labute approximate surface area is 145 Å². The summed E-state index contributed by atoms with van der Waals surface area (Å²) in [6.07, 6.45) is 3.76. The lowest BCUT2D eigenvalue weighted by atomic mass is 10.1. The minimum absolute atomic E-state index is 0.101. The van der Waals surface area contributed by atoms with E-state index >= 15 is 0 Å². The molecule has 0 radical (unpaired) electrons. The molecule has 1 unspecified atom stereocenters. The molecule has 0 saturated heterocycles. The Bertz CT molecular complexity index is 909. The average molecular weight is 339 g/mol. The van der Waals surface area contributed by atoms with Gasteiger partial charge in [0.25, 0.3) is 5.91 Å². The maximum atomic E-state index is 12.8. The van der Waals surface area contributed by atoms with Crippen LogP contribution < -0.4 is 10.1 Å². The number of H-pyrrole nitrogens is 1. The van der Waals surface area contributed by atoms with E-state index in [-0.39, 0.29) is 11.9 Å². The normalized spacial score (nSPS) is 15.3. The van der Waals surface area contributed by atoms with Crippen molar-refractivity contribution in [2.75, 3.05) is 7.11 Å². The van der Waals surface area contributed by atoms with Crippen molar-refractivity contribution in [3.8, 4) is 5.75 Å². The highest BCUT2D eigenvalue weighted by molar-refractivity contribution is 5.98. The molecule has 7 heteroatoms. The topological polar surface area (TPSA) is 84.8 Å². The zero-order valence-corrected chi connectivity index (χ0v) is 14.3. The summed E-state index contributed by atoms with van der Waals surface area (Å²) in [5.74, 6) is 1.90. The first-order valence-corrected chi connectivity index (χ1v) is 8.55. The van der Waals surface area contributed by atoms with Gasteiger partial charge in [0.05, 0.1) is 13.2 Å². The summed E-state index contributed by atoms with van der Waals surface area (Å²) >= 11 is 0. The largest absolute Gasteiger partial charge is 0.497 e. The Balaban J connectivity index is 1.59. The van der Waals surface area contributed by atoms with Crippen LogP contribution in [0.15, 0.2) is 30.6 Å². The van der Waals surface area contributed by atoms with E-state index in [0.29, 0.717) is 11.6 Å². The molecule has 4 rings (SSSR count). The molecule has 1 aliphatic rings. The van der Waals surface area contributed by atoms with E-state index in [1.165, 1.54) is 0 Å². The number of carbonyl (C=O) groups is 1. The molecule has 2 heterocycles. The highest BCUT2D eigenvalue weighted by Crippen LogP contribution is 2.40. The molecule has 0 aliphatic heterocycles. The minimum atomic E-state index is -0.127. The number of ether oxygens (including phenoxy) is 1. The molecule has 130 valence electrons. The van der Waals surface area contributed by atoms with E-state index in [2.05, 4.69) is 20.4 Å². The first kappa shape index (κ1) is 15.7. The van der Waals surface area contributed by atoms with E-state index < -0.39 is 0 Å². The van der Waals surface area contributed by atoms with Crippen LogP contribution in [0.4, 0.5) is 0 Å². The van der Waals surface area contributed by atoms with Gasteiger partial charge in [-0.1, -0.05) is 0 Å². The summed E-state index contributed by atoms with van der Waals surface area (Å²) in [5.41, 5.74) is 1.45. The second-order valence-corrected chi connectivity index (χ2v) is 6.36. The molecular weight excluding hydrogens is 318 g/mol. The number of carbonyl (C=O) groups excluding carboxylic acids is 1. The third-order valence-corrected chi connectivity index (χ3v) is 4.68. The van der Waals surface area contributed by atoms with Gasteiger partial charge in [-0.15, -0.1) is 0 Å². The van der Waals surface area contributed by atoms with Crippen molar-refractivity contribution in [3.05, 3.63) is 42.1 Å². The van der Waals surface area contributed by atoms with E-state index in [4.69, 9.17) is 4.74 Å². The van der Waals surface area contributed by atoms with Gasteiger partial charge in [-0.2, -0.15) is 5.10 Å². The van der Waals surface area contributed by atoms with Crippen LogP contribution in [0.5, 0.6) is 5.75 Å². The molecule has 3 aromatic rings. The predicted molar refractivity (Wildman–Crippen MR) is 93.5 cm³/mol. The maximum Gasteiger partial charge on any atom is 0.268 e. The van der Waals surface area contributed by atoms with Gasteiger partial charge in [0.1, 0.15) is 23.6 Å². The summed E-state index contributed by atoms with van der Waals surface area (Å²) in [4.78, 5) is 20.3. The number of rotatable bonds is 6. The quantitative estimate of drug-likeness (QED) is 0.723. The van der Waals surface area contributed by atoms with Crippen molar-refractivity contribution < 1.29 is 9.53 Å². The zero-order chi connectivity index (χ0) is 17.4. The van der Waals surface area contributed by atoms with Crippen LogP contribution in [0.1, 0.15) is 42.1 Å². The molecule has 2 N–H and O–H groups in total.